The van der Waals surface area contributed by atoms with E-state index in [1.165, 1.54) is 30.4 Å². The quantitative estimate of drug-likeness (QED) is 0.895. The summed E-state index contributed by atoms with van der Waals surface area (Å²) in [5.74, 6) is 0. The first-order valence-electron chi connectivity index (χ1n) is 6.63. The van der Waals surface area contributed by atoms with Crippen LogP contribution in [-0.2, 0) is 0 Å². The largest absolute Gasteiger partial charge is 0.317 e. The summed E-state index contributed by atoms with van der Waals surface area (Å²) >= 11 is 0. The van der Waals surface area contributed by atoms with E-state index >= 15 is 0 Å². The van der Waals surface area contributed by atoms with E-state index < -0.39 is 0 Å². The fraction of sp³-hybridized carbons (Fsp3) is 0.400. The Hall–Kier alpha value is -1.61. The lowest BCUT2D eigenvalue weighted by molar-refractivity contribution is 0.451. The molecule has 0 aliphatic heterocycles. The third kappa shape index (κ3) is 2.18. The maximum Gasteiger partial charge on any atom is 0.0568 e. The number of nitrogens with zero attached hydrogens (tertiary/aromatic N) is 2. The van der Waals surface area contributed by atoms with E-state index in [-0.39, 0.29) is 0 Å². The Morgan fingerprint density at radius 2 is 2.00 bits per heavy atom. The van der Waals surface area contributed by atoms with Crippen LogP contribution in [0.25, 0.3) is 11.1 Å². The van der Waals surface area contributed by atoms with Gasteiger partial charge in [0.2, 0.25) is 0 Å². The molecule has 18 heavy (non-hydrogen) atoms. The highest BCUT2D eigenvalue weighted by Gasteiger charge is 2.25. The van der Waals surface area contributed by atoms with Crippen LogP contribution in [0.2, 0.25) is 0 Å². The Balaban J connectivity index is 1.78. The van der Waals surface area contributed by atoms with Crippen molar-refractivity contribution in [3.63, 3.8) is 0 Å². The van der Waals surface area contributed by atoms with Crippen LogP contribution in [0.15, 0.2) is 42.7 Å². The molecule has 3 heteroatoms. The van der Waals surface area contributed by atoms with Gasteiger partial charge in [0.25, 0.3) is 0 Å². The maximum absolute atomic E-state index is 4.53. The smallest absolute Gasteiger partial charge is 0.0568 e. The minimum Gasteiger partial charge on any atom is -0.317 e. The lowest BCUT2D eigenvalue weighted by Gasteiger charge is -2.11. The lowest BCUT2D eigenvalue weighted by atomic mass is 10.1. The van der Waals surface area contributed by atoms with Gasteiger partial charge < -0.3 is 5.32 Å². The van der Waals surface area contributed by atoms with Crippen molar-refractivity contribution in [2.75, 3.05) is 7.05 Å². The fourth-order valence-corrected chi connectivity index (χ4v) is 2.78. The second-order valence-electron chi connectivity index (χ2n) is 5.03. The minimum atomic E-state index is 0.555. The van der Waals surface area contributed by atoms with Crippen molar-refractivity contribution in [1.82, 2.24) is 15.1 Å². The first-order chi connectivity index (χ1) is 8.86. The molecule has 2 atom stereocenters. The zero-order valence-electron chi connectivity index (χ0n) is 10.7. The molecule has 1 aliphatic rings. The summed E-state index contributed by atoms with van der Waals surface area (Å²) in [4.78, 5) is 0. The summed E-state index contributed by atoms with van der Waals surface area (Å²) in [7, 11) is 2.05. The molecule has 1 saturated carbocycles. The van der Waals surface area contributed by atoms with Crippen molar-refractivity contribution >= 4 is 0 Å². The Kier molecular flexibility index (Phi) is 3.15. The van der Waals surface area contributed by atoms with Crippen molar-refractivity contribution in [2.24, 2.45) is 0 Å². The number of benzene rings is 1. The highest BCUT2D eigenvalue weighted by molar-refractivity contribution is 5.61. The van der Waals surface area contributed by atoms with Crippen LogP contribution in [0.3, 0.4) is 0 Å². The predicted octanol–water partition coefficient (Wildman–Crippen LogP) is 2.86. The second kappa shape index (κ2) is 4.94. The van der Waals surface area contributed by atoms with Gasteiger partial charge in [-0.2, -0.15) is 5.10 Å². The number of nitrogens with one attached hydrogen (secondary N) is 1. The van der Waals surface area contributed by atoms with Gasteiger partial charge in [0.15, 0.2) is 0 Å². The highest BCUT2D eigenvalue weighted by Crippen LogP contribution is 2.30. The van der Waals surface area contributed by atoms with Crippen LogP contribution in [0.1, 0.15) is 25.3 Å². The second-order valence-corrected chi connectivity index (χ2v) is 5.03. The van der Waals surface area contributed by atoms with E-state index in [9.17, 15) is 0 Å². The molecule has 1 fully saturated rings. The highest BCUT2D eigenvalue weighted by atomic mass is 15.3. The van der Waals surface area contributed by atoms with Crippen molar-refractivity contribution in [2.45, 2.75) is 31.3 Å². The Bertz CT molecular complexity index is 503. The van der Waals surface area contributed by atoms with Crippen LogP contribution in [0.4, 0.5) is 0 Å². The molecule has 1 aliphatic carbocycles. The summed E-state index contributed by atoms with van der Waals surface area (Å²) < 4.78 is 2.14. The predicted molar refractivity (Wildman–Crippen MR) is 73.4 cm³/mol. The maximum atomic E-state index is 4.53. The fourth-order valence-electron chi connectivity index (χ4n) is 2.78. The molecule has 0 radical (unpaired) electrons. The summed E-state index contributed by atoms with van der Waals surface area (Å²) in [6, 6.07) is 11.7. The van der Waals surface area contributed by atoms with Gasteiger partial charge in [-0.1, -0.05) is 30.3 Å². The van der Waals surface area contributed by atoms with E-state index in [0.29, 0.717) is 12.1 Å². The van der Waals surface area contributed by atoms with Gasteiger partial charge in [-0.15, -0.1) is 0 Å². The number of aromatic nitrogens is 2. The molecule has 0 bridgehead atoms. The third-order valence-electron chi connectivity index (χ3n) is 3.90. The zero-order valence-corrected chi connectivity index (χ0v) is 10.7. The van der Waals surface area contributed by atoms with Crippen LogP contribution in [-0.4, -0.2) is 22.9 Å². The Morgan fingerprint density at radius 1 is 1.17 bits per heavy atom. The average Bonchev–Trinajstić information content (AvgIpc) is 3.08. The van der Waals surface area contributed by atoms with Crippen LogP contribution in [0.5, 0.6) is 0 Å². The number of rotatable bonds is 3. The molecule has 2 unspecified atom stereocenters. The molecule has 3 rings (SSSR count). The van der Waals surface area contributed by atoms with Gasteiger partial charge in [-0.05, 0) is 31.9 Å². The van der Waals surface area contributed by atoms with E-state index in [4.69, 9.17) is 0 Å². The van der Waals surface area contributed by atoms with Crippen molar-refractivity contribution in [3.05, 3.63) is 42.7 Å². The summed E-state index contributed by atoms with van der Waals surface area (Å²) in [5.41, 5.74) is 2.45. The van der Waals surface area contributed by atoms with Crippen molar-refractivity contribution in [3.8, 4) is 11.1 Å². The van der Waals surface area contributed by atoms with Gasteiger partial charge in [0.05, 0.1) is 12.2 Å². The van der Waals surface area contributed by atoms with Crippen molar-refractivity contribution < 1.29 is 0 Å². The zero-order chi connectivity index (χ0) is 12.4. The van der Waals surface area contributed by atoms with E-state index in [2.05, 4.69) is 45.6 Å². The molecule has 0 amide bonds. The molecule has 1 N–H and O–H groups in total. The number of hydrogen-bond donors (Lipinski definition) is 1. The van der Waals surface area contributed by atoms with E-state index in [1.54, 1.807) is 0 Å². The molecule has 94 valence electrons. The van der Waals surface area contributed by atoms with Crippen molar-refractivity contribution in [1.29, 1.82) is 0 Å². The third-order valence-corrected chi connectivity index (χ3v) is 3.90. The summed E-state index contributed by atoms with van der Waals surface area (Å²) in [6.45, 7) is 0. The number of hydrogen-bond acceptors (Lipinski definition) is 2. The van der Waals surface area contributed by atoms with Crippen LogP contribution < -0.4 is 5.32 Å². The normalized spacial score (nSPS) is 23.4. The first kappa shape index (κ1) is 11.5. The molecule has 0 spiro atoms. The molecule has 1 aromatic heterocycles. The Morgan fingerprint density at radius 3 is 2.72 bits per heavy atom. The van der Waals surface area contributed by atoms with Gasteiger partial charge in [0.1, 0.15) is 0 Å². The molecule has 2 aromatic rings. The lowest BCUT2D eigenvalue weighted by Crippen LogP contribution is -2.21. The SMILES string of the molecule is CNC1CCC(n2cc(-c3ccccc3)cn2)C1. The Labute approximate surface area is 108 Å². The molecule has 0 saturated heterocycles. The molecular formula is C15H19N3. The van der Waals surface area contributed by atoms with Crippen LogP contribution in [0, 0.1) is 0 Å². The average molecular weight is 241 g/mol. The summed E-state index contributed by atoms with van der Waals surface area (Å²) in [5, 5.41) is 7.89. The minimum absolute atomic E-state index is 0.555. The molecule has 3 nitrogen and oxygen atoms in total. The van der Waals surface area contributed by atoms with Gasteiger partial charge in [0, 0.05) is 17.8 Å². The van der Waals surface area contributed by atoms with Gasteiger partial charge in [-0.25, -0.2) is 0 Å². The molecule has 1 heterocycles. The monoisotopic (exact) mass is 241 g/mol. The van der Waals surface area contributed by atoms with Gasteiger partial charge >= 0.3 is 0 Å². The first-order valence-corrected chi connectivity index (χ1v) is 6.63. The molecular weight excluding hydrogens is 222 g/mol. The molecule has 1 aromatic carbocycles. The summed E-state index contributed by atoms with van der Waals surface area (Å²) in [6.07, 6.45) is 7.82. The topological polar surface area (TPSA) is 29.9 Å². The van der Waals surface area contributed by atoms with E-state index in [0.717, 1.165) is 0 Å². The standard InChI is InChI=1S/C15H19N3/c1-16-14-7-8-15(9-14)18-11-13(10-17-18)12-5-3-2-4-6-12/h2-6,10-11,14-16H,7-9H2,1H3. The van der Waals surface area contributed by atoms with E-state index in [1.807, 2.05) is 19.3 Å². The van der Waals surface area contributed by atoms with Gasteiger partial charge in [-0.3, -0.25) is 4.68 Å². The van der Waals surface area contributed by atoms with Crippen LogP contribution >= 0.6 is 0 Å².